The van der Waals surface area contributed by atoms with Gasteiger partial charge in [0.2, 0.25) is 0 Å². The Balaban J connectivity index is 1.48. The molecule has 0 amide bonds. The molecule has 0 radical (unpaired) electrons. The molecule has 3 heterocycles. The fourth-order valence-electron chi connectivity index (χ4n) is 4.07. The van der Waals surface area contributed by atoms with Gasteiger partial charge in [0.15, 0.2) is 0 Å². The molecule has 0 atom stereocenters. The van der Waals surface area contributed by atoms with Gasteiger partial charge in [0.1, 0.15) is 6.07 Å². The molecule has 3 N–H and O–H groups in total. The van der Waals surface area contributed by atoms with E-state index in [4.69, 9.17) is 0 Å². The molecular weight excluding hydrogens is 360 g/mol. The summed E-state index contributed by atoms with van der Waals surface area (Å²) in [6, 6.07) is 8.54. The largest absolute Gasteiger partial charge is 0.361 e. The van der Waals surface area contributed by atoms with Gasteiger partial charge in [-0.25, -0.2) is 0 Å². The molecule has 6 heteroatoms. The van der Waals surface area contributed by atoms with E-state index in [0.29, 0.717) is 5.56 Å². The summed E-state index contributed by atoms with van der Waals surface area (Å²) in [6.45, 7) is 7.70. The maximum absolute atomic E-state index is 9.62. The van der Waals surface area contributed by atoms with E-state index in [1.807, 2.05) is 12.4 Å². The second kappa shape index (κ2) is 9.08. The first-order valence-electron chi connectivity index (χ1n) is 10.4. The summed E-state index contributed by atoms with van der Waals surface area (Å²) in [5, 5.41) is 17.8. The molecule has 0 unspecified atom stereocenters. The Kier molecular flexibility index (Phi) is 6.09. The lowest BCUT2D eigenvalue weighted by Crippen LogP contribution is -2.43. The Bertz CT molecular complexity index is 1010. The first-order valence-corrected chi connectivity index (χ1v) is 10.4. The summed E-state index contributed by atoms with van der Waals surface area (Å²) in [5.74, 6) is 0. The number of unbranched alkanes of at least 4 members (excludes halogenated alkanes) is 1. The molecule has 0 saturated carbocycles. The Labute approximate surface area is 171 Å². The van der Waals surface area contributed by atoms with Crippen LogP contribution in [0.1, 0.15) is 29.5 Å². The van der Waals surface area contributed by atoms with Gasteiger partial charge >= 0.3 is 0 Å². The average Bonchev–Trinajstić information content (AvgIpc) is 3.24. The fourth-order valence-corrected chi connectivity index (χ4v) is 4.07. The number of nitriles is 1. The van der Waals surface area contributed by atoms with Gasteiger partial charge in [0.25, 0.3) is 0 Å². The van der Waals surface area contributed by atoms with Crippen molar-refractivity contribution in [3.8, 4) is 6.07 Å². The lowest BCUT2D eigenvalue weighted by atomic mass is 10.0. The van der Waals surface area contributed by atoms with Crippen molar-refractivity contribution in [1.29, 1.82) is 5.26 Å². The maximum Gasteiger partial charge on any atom is 0.103 e. The molecule has 1 fully saturated rings. The topological polar surface area (TPSA) is 79.8 Å². The molecule has 1 aliphatic rings. The van der Waals surface area contributed by atoms with Crippen LogP contribution in [0, 0.1) is 18.3 Å². The quantitative estimate of drug-likeness (QED) is 0.538. The van der Waals surface area contributed by atoms with Crippen molar-refractivity contribution in [3.63, 3.8) is 0 Å². The number of anilines is 2. The van der Waals surface area contributed by atoms with Gasteiger partial charge in [0.05, 0.1) is 11.3 Å². The third-order valence-corrected chi connectivity index (χ3v) is 5.79. The predicted octanol–water partition coefficient (Wildman–Crippen LogP) is 3.71. The van der Waals surface area contributed by atoms with Crippen LogP contribution in [0.4, 0.5) is 11.4 Å². The second-order valence-corrected chi connectivity index (χ2v) is 7.68. The lowest BCUT2D eigenvalue weighted by Gasteiger charge is -2.27. The molecule has 1 saturated heterocycles. The number of pyridine rings is 1. The van der Waals surface area contributed by atoms with E-state index in [0.717, 1.165) is 74.4 Å². The molecule has 150 valence electrons. The molecule has 1 aliphatic heterocycles. The van der Waals surface area contributed by atoms with E-state index in [1.54, 1.807) is 6.20 Å². The highest BCUT2D eigenvalue weighted by Crippen LogP contribution is 2.30. The number of nitrogens with zero attached hydrogens (tertiary/aromatic N) is 3. The third-order valence-electron chi connectivity index (χ3n) is 5.79. The zero-order chi connectivity index (χ0) is 20.1. The predicted molar refractivity (Wildman–Crippen MR) is 118 cm³/mol. The fraction of sp³-hybridized carbons (Fsp3) is 0.391. The van der Waals surface area contributed by atoms with Crippen molar-refractivity contribution in [3.05, 3.63) is 53.5 Å². The summed E-state index contributed by atoms with van der Waals surface area (Å²) in [6.07, 6.45) is 8.67. The summed E-state index contributed by atoms with van der Waals surface area (Å²) in [7, 11) is 0. The number of nitrogens with one attached hydrogen (secondary N) is 3. The van der Waals surface area contributed by atoms with Gasteiger partial charge in [-0.3, -0.25) is 4.98 Å². The van der Waals surface area contributed by atoms with Crippen molar-refractivity contribution in [2.75, 3.05) is 38.0 Å². The highest BCUT2D eigenvalue weighted by molar-refractivity contribution is 5.89. The van der Waals surface area contributed by atoms with Gasteiger partial charge in [-0.15, -0.1) is 0 Å². The normalized spacial score (nSPS) is 14.8. The van der Waals surface area contributed by atoms with Crippen LogP contribution >= 0.6 is 0 Å². The Hall–Kier alpha value is -2.88. The number of hydrogen-bond acceptors (Lipinski definition) is 5. The van der Waals surface area contributed by atoms with Crippen LogP contribution in [0.15, 0.2) is 36.8 Å². The van der Waals surface area contributed by atoms with Crippen molar-refractivity contribution >= 4 is 22.3 Å². The molecule has 4 rings (SSSR count). The molecule has 29 heavy (non-hydrogen) atoms. The van der Waals surface area contributed by atoms with Crippen molar-refractivity contribution in [2.24, 2.45) is 0 Å². The average molecular weight is 389 g/mol. The van der Waals surface area contributed by atoms with E-state index in [-0.39, 0.29) is 0 Å². The lowest BCUT2D eigenvalue weighted by molar-refractivity contribution is 0.237. The van der Waals surface area contributed by atoms with Gasteiger partial charge < -0.3 is 20.5 Å². The summed E-state index contributed by atoms with van der Waals surface area (Å²) in [4.78, 5) is 10.1. The number of aromatic amines is 1. The van der Waals surface area contributed by atoms with Crippen molar-refractivity contribution < 1.29 is 0 Å². The number of aryl methyl sites for hydroxylation is 2. The zero-order valence-electron chi connectivity index (χ0n) is 17.0. The van der Waals surface area contributed by atoms with Crippen LogP contribution in [0.3, 0.4) is 0 Å². The Morgan fingerprint density at radius 2 is 2.03 bits per heavy atom. The molecule has 0 aliphatic carbocycles. The van der Waals surface area contributed by atoms with Crippen LogP contribution in [-0.2, 0) is 6.42 Å². The van der Waals surface area contributed by atoms with Gasteiger partial charge in [-0.05, 0) is 62.1 Å². The first kappa shape index (κ1) is 19.4. The van der Waals surface area contributed by atoms with E-state index in [1.165, 1.54) is 10.9 Å². The summed E-state index contributed by atoms with van der Waals surface area (Å²) < 4.78 is 0. The third kappa shape index (κ3) is 4.42. The van der Waals surface area contributed by atoms with Gasteiger partial charge in [-0.1, -0.05) is 0 Å². The van der Waals surface area contributed by atoms with Crippen LogP contribution < -0.4 is 10.6 Å². The first-order chi connectivity index (χ1) is 14.3. The Morgan fingerprint density at radius 1 is 1.17 bits per heavy atom. The molecular formula is C23H28N6. The van der Waals surface area contributed by atoms with Crippen molar-refractivity contribution in [2.45, 2.75) is 26.2 Å². The van der Waals surface area contributed by atoms with Gasteiger partial charge in [-0.2, -0.15) is 5.26 Å². The minimum Gasteiger partial charge on any atom is -0.361 e. The van der Waals surface area contributed by atoms with Crippen LogP contribution in [0.25, 0.3) is 10.9 Å². The number of aromatic nitrogens is 2. The van der Waals surface area contributed by atoms with Crippen LogP contribution in [0.5, 0.6) is 0 Å². The molecule has 1 aromatic carbocycles. The minimum absolute atomic E-state index is 0.596. The van der Waals surface area contributed by atoms with E-state index < -0.39 is 0 Å². The van der Waals surface area contributed by atoms with E-state index in [2.05, 4.69) is 56.7 Å². The van der Waals surface area contributed by atoms with Crippen molar-refractivity contribution in [1.82, 2.24) is 20.2 Å². The molecule has 0 bridgehead atoms. The maximum atomic E-state index is 9.62. The highest BCUT2D eigenvalue weighted by Gasteiger charge is 2.13. The van der Waals surface area contributed by atoms with E-state index in [9.17, 15) is 5.26 Å². The smallest absolute Gasteiger partial charge is 0.103 e. The van der Waals surface area contributed by atoms with Crippen LogP contribution in [-0.4, -0.2) is 47.6 Å². The number of rotatable bonds is 7. The summed E-state index contributed by atoms with van der Waals surface area (Å²) >= 11 is 0. The van der Waals surface area contributed by atoms with Crippen LogP contribution in [0.2, 0.25) is 0 Å². The summed E-state index contributed by atoms with van der Waals surface area (Å²) in [5.41, 5.74) is 5.92. The number of H-pyrrole nitrogens is 1. The number of hydrogen-bond donors (Lipinski definition) is 3. The van der Waals surface area contributed by atoms with E-state index >= 15 is 0 Å². The SMILES string of the molecule is Cc1c(Nc2c(C#N)cncc2CCCCN2CCNCC2)ccc2[nH]ccc12. The molecule has 6 nitrogen and oxygen atoms in total. The second-order valence-electron chi connectivity index (χ2n) is 7.68. The minimum atomic E-state index is 0.596. The number of benzene rings is 1. The highest BCUT2D eigenvalue weighted by atomic mass is 15.2. The number of fused-ring (bicyclic) bond motifs is 1. The monoisotopic (exact) mass is 388 g/mol. The standard InChI is InChI=1S/C23H28N6/c1-17-20-7-8-27-22(20)6-5-21(17)28-23-18(15-26-16-19(23)14-24)4-2-3-11-29-12-9-25-10-13-29/h5-8,15-16,25,27H,2-4,9-13H2,1H3,(H,26,28). The molecule has 2 aromatic heterocycles. The molecule has 0 spiro atoms. The number of piperazine rings is 1. The zero-order valence-corrected chi connectivity index (χ0v) is 17.0. The van der Waals surface area contributed by atoms with Gasteiger partial charge in [0, 0.05) is 61.4 Å². The Morgan fingerprint density at radius 3 is 2.86 bits per heavy atom. The molecule has 3 aromatic rings.